The SMILES string of the molecule is NS(=O)(=O)c1ccc(-c2sc3ccccc3c(=O)c2-c2ccc(O)cc2)cc1. The van der Waals surface area contributed by atoms with E-state index >= 15 is 0 Å². The fourth-order valence-corrected chi connectivity index (χ4v) is 4.75. The van der Waals surface area contributed by atoms with E-state index in [1.54, 1.807) is 30.3 Å². The third-order valence-electron chi connectivity index (χ3n) is 4.40. The molecule has 0 saturated heterocycles. The number of phenols is 1. The zero-order valence-corrected chi connectivity index (χ0v) is 16.1. The van der Waals surface area contributed by atoms with Crippen LogP contribution in [0, 0.1) is 0 Å². The molecule has 1 heterocycles. The van der Waals surface area contributed by atoms with Gasteiger partial charge in [0.15, 0.2) is 5.43 Å². The van der Waals surface area contributed by atoms with Crippen LogP contribution in [0.4, 0.5) is 0 Å². The van der Waals surface area contributed by atoms with Crippen LogP contribution in [0.25, 0.3) is 31.7 Å². The number of primary sulfonamides is 1. The van der Waals surface area contributed by atoms with Crippen molar-refractivity contribution < 1.29 is 13.5 Å². The molecule has 140 valence electrons. The minimum absolute atomic E-state index is 0.00979. The van der Waals surface area contributed by atoms with Gasteiger partial charge in [0.05, 0.1) is 4.90 Å². The second-order valence-corrected chi connectivity index (χ2v) is 8.86. The van der Waals surface area contributed by atoms with E-state index < -0.39 is 10.0 Å². The smallest absolute Gasteiger partial charge is 0.238 e. The van der Waals surface area contributed by atoms with Crippen LogP contribution in [0.1, 0.15) is 0 Å². The predicted octanol–water partition coefficient (Wildman–Crippen LogP) is 3.95. The summed E-state index contributed by atoms with van der Waals surface area (Å²) in [5.74, 6) is 0.111. The highest BCUT2D eigenvalue weighted by molar-refractivity contribution is 7.89. The van der Waals surface area contributed by atoms with Gasteiger partial charge >= 0.3 is 0 Å². The van der Waals surface area contributed by atoms with Crippen molar-refractivity contribution in [3.8, 4) is 27.3 Å². The molecule has 0 radical (unpaired) electrons. The summed E-state index contributed by atoms with van der Waals surface area (Å²) in [7, 11) is -3.80. The zero-order chi connectivity index (χ0) is 19.9. The molecule has 7 heteroatoms. The molecule has 0 amide bonds. The highest BCUT2D eigenvalue weighted by Crippen LogP contribution is 2.37. The van der Waals surface area contributed by atoms with E-state index in [4.69, 9.17) is 5.14 Å². The van der Waals surface area contributed by atoms with Gasteiger partial charge in [-0.2, -0.15) is 0 Å². The van der Waals surface area contributed by atoms with Crippen molar-refractivity contribution in [2.45, 2.75) is 4.90 Å². The molecule has 5 nitrogen and oxygen atoms in total. The minimum atomic E-state index is -3.80. The van der Waals surface area contributed by atoms with E-state index in [2.05, 4.69) is 0 Å². The Balaban J connectivity index is 2.03. The van der Waals surface area contributed by atoms with E-state index in [0.29, 0.717) is 22.1 Å². The number of phenolic OH excluding ortho intramolecular Hbond substituents is 1. The molecule has 0 unspecified atom stereocenters. The minimum Gasteiger partial charge on any atom is -0.508 e. The monoisotopic (exact) mass is 409 g/mol. The summed E-state index contributed by atoms with van der Waals surface area (Å²) in [5.41, 5.74) is 1.77. The zero-order valence-electron chi connectivity index (χ0n) is 14.5. The maximum Gasteiger partial charge on any atom is 0.238 e. The summed E-state index contributed by atoms with van der Waals surface area (Å²) in [4.78, 5) is 14.0. The largest absolute Gasteiger partial charge is 0.508 e. The summed E-state index contributed by atoms with van der Waals surface area (Å²) in [5, 5.41) is 15.4. The Morgan fingerprint density at radius 2 is 1.43 bits per heavy atom. The fourth-order valence-electron chi connectivity index (χ4n) is 3.03. The lowest BCUT2D eigenvalue weighted by Crippen LogP contribution is -2.11. The molecule has 1 aromatic heterocycles. The Hall–Kier alpha value is -3.00. The van der Waals surface area contributed by atoms with Crippen LogP contribution in [0.15, 0.2) is 82.5 Å². The first-order chi connectivity index (χ1) is 13.3. The lowest BCUT2D eigenvalue weighted by Gasteiger charge is -2.11. The fraction of sp³-hybridized carbons (Fsp3) is 0. The van der Waals surface area contributed by atoms with E-state index in [0.717, 1.165) is 9.58 Å². The molecule has 0 fully saturated rings. The van der Waals surface area contributed by atoms with Gasteiger partial charge in [-0.1, -0.05) is 36.4 Å². The molecule has 0 aliphatic rings. The molecule has 0 bridgehead atoms. The summed E-state index contributed by atoms with van der Waals surface area (Å²) in [6.07, 6.45) is 0. The summed E-state index contributed by atoms with van der Waals surface area (Å²) < 4.78 is 23.9. The lowest BCUT2D eigenvalue weighted by molar-refractivity contribution is 0.475. The van der Waals surface area contributed by atoms with Crippen LogP contribution in [0.3, 0.4) is 0 Å². The number of nitrogens with two attached hydrogens (primary N) is 1. The van der Waals surface area contributed by atoms with Crippen LogP contribution >= 0.6 is 11.3 Å². The molecule has 0 saturated carbocycles. The van der Waals surface area contributed by atoms with Gasteiger partial charge in [0, 0.05) is 20.5 Å². The van der Waals surface area contributed by atoms with Crippen LogP contribution in [-0.4, -0.2) is 13.5 Å². The molecule has 0 atom stereocenters. The van der Waals surface area contributed by atoms with Crippen molar-refractivity contribution in [2.75, 3.05) is 0 Å². The number of hydrogen-bond donors (Lipinski definition) is 2. The van der Waals surface area contributed by atoms with Crippen LogP contribution in [0.2, 0.25) is 0 Å². The van der Waals surface area contributed by atoms with E-state index in [-0.39, 0.29) is 16.1 Å². The first-order valence-electron chi connectivity index (χ1n) is 8.33. The van der Waals surface area contributed by atoms with Gasteiger partial charge in [-0.25, -0.2) is 13.6 Å². The molecule has 4 rings (SSSR count). The Morgan fingerprint density at radius 1 is 0.821 bits per heavy atom. The van der Waals surface area contributed by atoms with Crippen LogP contribution in [-0.2, 0) is 10.0 Å². The standard InChI is InChI=1S/C21H15NO4S2/c22-28(25,26)16-11-7-14(8-12-16)21-19(13-5-9-15(23)10-6-13)20(24)17-3-1-2-4-18(17)27-21/h1-12,23H,(H2,22,25,26). The van der Waals surface area contributed by atoms with Crippen molar-refractivity contribution in [3.63, 3.8) is 0 Å². The predicted molar refractivity (Wildman–Crippen MR) is 112 cm³/mol. The number of benzene rings is 3. The van der Waals surface area contributed by atoms with Gasteiger partial charge in [0.2, 0.25) is 10.0 Å². The number of sulfonamides is 1. The van der Waals surface area contributed by atoms with Crippen molar-refractivity contribution in [2.24, 2.45) is 5.14 Å². The normalized spacial score (nSPS) is 11.6. The topological polar surface area (TPSA) is 97.5 Å². The Bertz CT molecular complexity index is 1340. The molecule has 28 heavy (non-hydrogen) atoms. The van der Waals surface area contributed by atoms with Crippen molar-refractivity contribution in [3.05, 3.63) is 83.0 Å². The second kappa shape index (κ2) is 6.87. The highest BCUT2D eigenvalue weighted by atomic mass is 32.2. The van der Waals surface area contributed by atoms with E-state index in [1.807, 2.05) is 18.2 Å². The first-order valence-corrected chi connectivity index (χ1v) is 10.7. The van der Waals surface area contributed by atoms with Gasteiger partial charge in [-0.3, -0.25) is 4.79 Å². The second-order valence-electron chi connectivity index (χ2n) is 6.25. The number of rotatable bonds is 3. The first kappa shape index (κ1) is 18.4. The van der Waals surface area contributed by atoms with E-state index in [1.165, 1.54) is 35.6 Å². The maximum atomic E-state index is 13.3. The van der Waals surface area contributed by atoms with Crippen molar-refractivity contribution >= 4 is 31.4 Å². The lowest BCUT2D eigenvalue weighted by atomic mass is 10.0. The summed E-state index contributed by atoms with van der Waals surface area (Å²) in [6, 6.07) is 19.9. The molecule has 0 spiro atoms. The Labute approximate surface area is 165 Å². The molecule has 4 aromatic rings. The number of fused-ring (bicyclic) bond motifs is 1. The van der Waals surface area contributed by atoms with Crippen LogP contribution in [0.5, 0.6) is 5.75 Å². The highest BCUT2D eigenvalue weighted by Gasteiger charge is 2.17. The van der Waals surface area contributed by atoms with Gasteiger partial charge in [-0.05, 0) is 47.5 Å². The molecular formula is C21H15NO4S2. The van der Waals surface area contributed by atoms with Gasteiger partial charge in [0.1, 0.15) is 5.75 Å². The van der Waals surface area contributed by atoms with Crippen molar-refractivity contribution in [1.82, 2.24) is 0 Å². The molecule has 0 aliphatic heterocycles. The van der Waals surface area contributed by atoms with Crippen molar-refractivity contribution in [1.29, 1.82) is 0 Å². The molecule has 0 aliphatic carbocycles. The molecule has 3 aromatic carbocycles. The van der Waals surface area contributed by atoms with Crippen LogP contribution < -0.4 is 10.6 Å². The summed E-state index contributed by atoms with van der Waals surface area (Å²) in [6.45, 7) is 0. The molecular weight excluding hydrogens is 394 g/mol. The summed E-state index contributed by atoms with van der Waals surface area (Å²) >= 11 is 1.45. The van der Waals surface area contributed by atoms with Gasteiger partial charge < -0.3 is 5.11 Å². The maximum absolute atomic E-state index is 13.3. The third-order valence-corrected chi connectivity index (χ3v) is 6.55. The number of aromatic hydroxyl groups is 1. The quantitative estimate of drug-likeness (QED) is 0.535. The van der Waals surface area contributed by atoms with Gasteiger partial charge in [-0.15, -0.1) is 11.3 Å². The number of hydrogen-bond acceptors (Lipinski definition) is 5. The van der Waals surface area contributed by atoms with E-state index in [9.17, 15) is 18.3 Å². The average Bonchev–Trinajstić information content (AvgIpc) is 2.68. The molecule has 3 N–H and O–H groups in total. The Kier molecular flexibility index (Phi) is 4.50. The average molecular weight is 409 g/mol. The third kappa shape index (κ3) is 3.31. The van der Waals surface area contributed by atoms with Gasteiger partial charge in [0.25, 0.3) is 0 Å². The Morgan fingerprint density at radius 3 is 2.07 bits per heavy atom.